The van der Waals surface area contributed by atoms with Crippen LogP contribution in [0, 0.1) is 11.6 Å². The van der Waals surface area contributed by atoms with Gasteiger partial charge in [-0.2, -0.15) is 30.7 Å². The van der Waals surface area contributed by atoms with Crippen LogP contribution in [0.4, 0.5) is 39.5 Å². The van der Waals surface area contributed by atoms with Crippen molar-refractivity contribution in [1.29, 1.82) is 0 Å². The van der Waals surface area contributed by atoms with Crippen LogP contribution in [0.25, 0.3) is 0 Å². The van der Waals surface area contributed by atoms with Crippen molar-refractivity contribution < 1.29 is 49.0 Å². The fraction of sp³-hybridized carbons (Fsp3) is 0.269. The molecular formula is C26H21F9N2O2. The standard InChI is InChI=1S/C26H21F9N2O2/c27-17-8-6-15(7-9-17)22(37-23(38)20(36)13-25(31,32)33)21(14-4-2-1-3-5-14)16-10-18(28)12-19(11-16)39-26(34,35)24(29)30/h1-12,20-22,24H,13,36H2,(H,37,38)/t20-,21-,22?/m1/s1. The highest BCUT2D eigenvalue weighted by Gasteiger charge is 2.44. The predicted octanol–water partition coefficient (Wildman–Crippen LogP) is 6.47. The molecular weight excluding hydrogens is 543 g/mol. The molecule has 0 aliphatic heterocycles. The Bertz CT molecular complexity index is 1250. The molecule has 0 radical (unpaired) electrons. The lowest BCUT2D eigenvalue weighted by atomic mass is 9.81. The molecule has 210 valence electrons. The Morgan fingerprint density at radius 1 is 0.821 bits per heavy atom. The van der Waals surface area contributed by atoms with E-state index in [1.165, 1.54) is 36.4 Å². The Labute approximate surface area is 216 Å². The van der Waals surface area contributed by atoms with Gasteiger partial charge in [0, 0.05) is 12.0 Å². The first-order valence-electron chi connectivity index (χ1n) is 11.2. The van der Waals surface area contributed by atoms with Gasteiger partial charge < -0.3 is 15.8 Å². The van der Waals surface area contributed by atoms with Crippen molar-refractivity contribution in [3.8, 4) is 5.75 Å². The summed E-state index contributed by atoms with van der Waals surface area (Å²) < 4.78 is 123. The minimum atomic E-state index is -4.97. The normalized spacial score (nSPS) is 14.5. The molecule has 4 nitrogen and oxygen atoms in total. The Morgan fingerprint density at radius 3 is 2.00 bits per heavy atom. The zero-order valence-corrected chi connectivity index (χ0v) is 19.7. The van der Waals surface area contributed by atoms with E-state index >= 15 is 0 Å². The lowest BCUT2D eigenvalue weighted by molar-refractivity contribution is -0.253. The number of alkyl halides is 7. The minimum Gasteiger partial charge on any atom is -0.428 e. The highest BCUT2D eigenvalue weighted by atomic mass is 19.4. The number of hydrogen-bond acceptors (Lipinski definition) is 3. The topological polar surface area (TPSA) is 64.4 Å². The van der Waals surface area contributed by atoms with E-state index in [4.69, 9.17) is 5.73 Å². The highest BCUT2D eigenvalue weighted by molar-refractivity contribution is 5.82. The van der Waals surface area contributed by atoms with Crippen molar-refractivity contribution in [2.24, 2.45) is 5.73 Å². The maximum Gasteiger partial charge on any atom is 0.461 e. The number of ether oxygens (including phenoxy) is 1. The van der Waals surface area contributed by atoms with Gasteiger partial charge in [-0.15, -0.1) is 0 Å². The second-order valence-electron chi connectivity index (χ2n) is 8.54. The van der Waals surface area contributed by atoms with Gasteiger partial charge in [-0.3, -0.25) is 4.79 Å². The number of halogens is 9. The fourth-order valence-corrected chi connectivity index (χ4v) is 3.89. The molecule has 0 heterocycles. The molecule has 3 aromatic carbocycles. The van der Waals surface area contributed by atoms with Gasteiger partial charge in [-0.25, -0.2) is 8.78 Å². The van der Waals surface area contributed by atoms with Gasteiger partial charge in [-0.05, 0) is 41.0 Å². The van der Waals surface area contributed by atoms with Gasteiger partial charge in [0.05, 0.1) is 18.5 Å². The zero-order chi connectivity index (χ0) is 29.0. The largest absolute Gasteiger partial charge is 0.461 e. The molecule has 0 bridgehead atoms. The number of carbonyl (C=O) groups excluding carboxylic acids is 1. The number of nitrogens with two attached hydrogens (primary N) is 1. The third kappa shape index (κ3) is 8.12. The average molecular weight is 564 g/mol. The molecule has 0 saturated heterocycles. The van der Waals surface area contributed by atoms with E-state index in [1.807, 2.05) is 0 Å². The Kier molecular flexibility index (Phi) is 9.15. The number of rotatable bonds is 10. The lowest BCUT2D eigenvalue weighted by Crippen LogP contribution is -2.45. The van der Waals surface area contributed by atoms with Crippen LogP contribution in [0.3, 0.4) is 0 Å². The van der Waals surface area contributed by atoms with E-state index in [0.29, 0.717) is 11.6 Å². The van der Waals surface area contributed by atoms with Crippen molar-refractivity contribution in [1.82, 2.24) is 5.32 Å². The predicted molar refractivity (Wildman–Crippen MR) is 122 cm³/mol. The summed E-state index contributed by atoms with van der Waals surface area (Å²) in [4.78, 5) is 12.7. The molecule has 3 N–H and O–H groups in total. The van der Waals surface area contributed by atoms with Crippen LogP contribution in [0.5, 0.6) is 5.75 Å². The van der Waals surface area contributed by atoms with Gasteiger partial charge in [0.15, 0.2) is 0 Å². The summed E-state index contributed by atoms with van der Waals surface area (Å²) in [6.07, 6.45) is -15.7. The molecule has 3 atom stereocenters. The van der Waals surface area contributed by atoms with Gasteiger partial charge in [0.2, 0.25) is 5.91 Å². The highest BCUT2D eigenvalue weighted by Crippen LogP contribution is 2.40. The molecule has 0 aliphatic rings. The number of benzene rings is 3. The molecule has 0 aliphatic carbocycles. The summed E-state index contributed by atoms with van der Waals surface area (Å²) >= 11 is 0. The first-order valence-corrected chi connectivity index (χ1v) is 11.2. The molecule has 1 unspecified atom stereocenters. The van der Waals surface area contributed by atoms with Crippen molar-refractivity contribution in [3.63, 3.8) is 0 Å². The Hall–Kier alpha value is -3.74. The monoisotopic (exact) mass is 564 g/mol. The number of nitrogens with one attached hydrogen (secondary N) is 1. The minimum absolute atomic E-state index is 0.127. The van der Waals surface area contributed by atoms with Crippen LogP contribution in [-0.2, 0) is 4.79 Å². The van der Waals surface area contributed by atoms with Gasteiger partial charge in [-0.1, -0.05) is 42.5 Å². The summed E-state index contributed by atoms with van der Waals surface area (Å²) in [5, 5.41) is 2.36. The Balaban J connectivity index is 2.15. The van der Waals surface area contributed by atoms with Gasteiger partial charge >= 0.3 is 18.7 Å². The van der Waals surface area contributed by atoms with Crippen molar-refractivity contribution >= 4 is 5.91 Å². The van der Waals surface area contributed by atoms with E-state index in [-0.39, 0.29) is 11.1 Å². The molecule has 3 rings (SSSR count). The molecule has 0 saturated carbocycles. The van der Waals surface area contributed by atoms with Crippen LogP contribution in [0.1, 0.15) is 35.1 Å². The van der Waals surface area contributed by atoms with E-state index < -0.39 is 66.4 Å². The summed E-state index contributed by atoms with van der Waals surface area (Å²) in [6.45, 7) is 0. The molecule has 3 aromatic rings. The van der Waals surface area contributed by atoms with Crippen LogP contribution >= 0.6 is 0 Å². The summed E-state index contributed by atoms with van der Waals surface area (Å²) in [5.74, 6) is -5.33. The Morgan fingerprint density at radius 2 is 1.44 bits per heavy atom. The smallest absolute Gasteiger partial charge is 0.428 e. The fourth-order valence-electron chi connectivity index (χ4n) is 3.89. The van der Waals surface area contributed by atoms with Crippen molar-refractivity contribution in [2.75, 3.05) is 0 Å². The number of amides is 1. The van der Waals surface area contributed by atoms with E-state index in [9.17, 15) is 44.3 Å². The second kappa shape index (κ2) is 12.0. The lowest BCUT2D eigenvalue weighted by Gasteiger charge is -2.31. The first-order chi connectivity index (χ1) is 18.2. The number of hydrogen-bond donors (Lipinski definition) is 2. The third-order valence-electron chi connectivity index (χ3n) is 5.57. The third-order valence-corrected chi connectivity index (χ3v) is 5.57. The maximum absolute atomic E-state index is 14.6. The SMILES string of the molecule is N[C@H](CC(F)(F)F)C(=O)NC(c1ccc(F)cc1)[C@H](c1ccccc1)c1cc(F)cc(OC(F)(F)C(F)F)c1. The van der Waals surface area contributed by atoms with Crippen LogP contribution in [0.2, 0.25) is 0 Å². The van der Waals surface area contributed by atoms with Crippen molar-refractivity contribution in [2.45, 2.75) is 43.1 Å². The summed E-state index contributed by atoms with van der Waals surface area (Å²) in [7, 11) is 0. The molecule has 0 spiro atoms. The van der Waals surface area contributed by atoms with Crippen molar-refractivity contribution in [3.05, 3.63) is 101 Å². The number of carbonyl (C=O) groups is 1. The van der Waals surface area contributed by atoms with Crippen LogP contribution < -0.4 is 15.8 Å². The summed E-state index contributed by atoms with van der Waals surface area (Å²) in [5.41, 5.74) is 5.70. The van der Waals surface area contributed by atoms with Gasteiger partial charge in [0.25, 0.3) is 0 Å². The maximum atomic E-state index is 14.6. The molecule has 39 heavy (non-hydrogen) atoms. The zero-order valence-electron chi connectivity index (χ0n) is 19.7. The quantitative estimate of drug-likeness (QED) is 0.278. The van der Waals surface area contributed by atoms with E-state index in [1.54, 1.807) is 6.07 Å². The molecule has 13 heteroatoms. The van der Waals surface area contributed by atoms with E-state index in [0.717, 1.165) is 24.3 Å². The average Bonchev–Trinajstić information content (AvgIpc) is 2.83. The molecule has 1 amide bonds. The molecule has 0 aromatic heterocycles. The molecule has 0 fully saturated rings. The first kappa shape index (κ1) is 29.8. The van der Waals surface area contributed by atoms with Crippen LogP contribution in [-0.4, -0.2) is 30.7 Å². The van der Waals surface area contributed by atoms with Gasteiger partial charge in [0.1, 0.15) is 17.4 Å². The second-order valence-corrected chi connectivity index (χ2v) is 8.54. The summed E-state index contributed by atoms with van der Waals surface area (Å²) in [6, 6.07) is 10.7. The van der Waals surface area contributed by atoms with Crippen LogP contribution in [0.15, 0.2) is 72.8 Å². The van der Waals surface area contributed by atoms with E-state index in [2.05, 4.69) is 10.1 Å².